The Bertz CT molecular complexity index is 975. The smallest absolute Gasteiger partial charge is 0.341 e. The topological polar surface area (TPSA) is 76.6 Å². The maximum atomic E-state index is 12.7. The highest BCUT2D eigenvalue weighted by molar-refractivity contribution is 5.96. The number of carboxylic acid groups (broad SMARTS) is 1. The molecule has 0 spiro atoms. The summed E-state index contributed by atoms with van der Waals surface area (Å²) in [5, 5.41) is 14.0. The Labute approximate surface area is 125 Å². The summed E-state index contributed by atoms with van der Waals surface area (Å²) < 4.78 is 2.96. The third kappa shape index (κ3) is 2.09. The lowest BCUT2D eigenvalue weighted by atomic mass is 10.2. The van der Waals surface area contributed by atoms with Crippen LogP contribution in [0.15, 0.2) is 46.9 Å². The van der Waals surface area contributed by atoms with Crippen molar-refractivity contribution in [2.75, 3.05) is 0 Å². The monoisotopic (exact) mass is 297 g/mol. The summed E-state index contributed by atoms with van der Waals surface area (Å²) in [4.78, 5) is 24.2. The predicted molar refractivity (Wildman–Crippen MR) is 83.3 cm³/mol. The second kappa shape index (κ2) is 5.14. The van der Waals surface area contributed by atoms with E-state index >= 15 is 0 Å². The van der Waals surface area contributed by atoms with Crippen LogP contribution in [-0.2, 0) is 6.54 Å². The van der Waals surface area contributed by atoms with Gasteiger partial charge in [0.2, 0.25) is 0 Å². The molecule has 2 aromatic heterocycles. The zero-order chi connectivity index (χ0) is 15.9. The normalized spacial score (nSPS) is 11.0. The maximum Gasteiger partial charge on any atom is 0.341 e. The van der Waals surface area contributed by atoms with Gasteiger partial charge in [-0.1, -0.05) is 23.8 Å². The van der Waals surface area contributed by atoms with Crippen molar-refractivity contribution in [3.8, 4) is 0 Å². The molecule has 112 valence electrons. The van der Waals surface area contributed by atoms with Crippen LogP contribution in [0.5, 0.6) is 0 Å². The van der Waals surface area contributed by atoms with Gasteiger partial charge in [-0.2, -0.15) is 5.10 Å². The molecule has 0 aliphatic carbocycles. The van der Waals surface area contributed by atoms with Gasteiger partial charge in [0.1, 0.15) is 5.56 Å². The van der Waals surface area contributed by atoms with E-state index < -0.39 is 5.97 Å². The fraction of sp³-hybridized carbons (Fsp3) is 0.188. The number of benzene rings is 1. The van der Waals surface area contributed by atoms with Crippen molar-refractivity contribution in [3.63, 3.8) is 0 Å². The van der Waals surface area contributed by atoms with Crippen molar-refractivity contribution in [2.45, 2.75) is 20.4 Å². The maximum absolute atomic E-state index is 12.7. The molecule has 1 N–H and O–H groups in total. The lowest BCUT2D eigenvalue weighted by Gasteiger charge is -2.10. The average molecular weight is 297 g/mol. The number of aromatic nitrogens is 3. The van der Waals surface area contributed by atoms with Crippen molar-refractivity contribution >= 4 is 22.5 Å². The molecule has 3 aromatic rings. The predicted octanol–water partition coefficient (Wildman–Crippen LogP) is 2.31. The number of nitrogens with zero attached hydrogens (tertiary/aromatic N) is 3. The van der Waals surface area contributed by atoms with Crippen LogP contribution in [0.4, 0.5) is 0 Å². The molecule has 0 amide bonds. The Morgan fingerprint density at radius 1 is 1.32 bits per heavy atom. The van der Waals surface area contributed by atoms with E-state index in [1.165, 1.54) is 15.3 Å². The second-order valence-corrected chi connectivity index (χ2v) is 5.31. The zero-order valence-electron chi connectivity index (χ0n) is 12.3. The molecule has 0 atom stereocenters. The van der Waals surface area contributed by atoms with Gasteiger partial charge in [-0.25, -0.2) is 9.31 Å². The van der Waals surface area contributed by atoms with Gasteiger partial charge >= 0.3 is 5.97 Å². The molecule has 0 unspecified atom stereocenters. The minimum Gasteiger partial charge on any atom is -0.477 e. The Morgan fingerprint density at radius 3 is 2.73 bits per heavy atom. The highest BCUT2D eigenvalue weighted by Crippen LogP contribution is 2.17. The Balaban J connectivity index is 2.49. The van der Waals surface area contributed by atoms with Gasteiger partial charge in [0.25, 0.3) is 5.56 Å². The molecule has 0 radical (unpaired) electrons. The molecule has 3 rings (SSSR count). The third-order valence-corrected chi connectivity index (χ3v) is 3.52. The molecule has 1 aromatic carbocycles. The summed E-state index contributed by atoms with van der Waals surface area (Å²) in [5.74, 6) is -1.10. The average Bonchev–Trinajstić information content (AvgIpc) is 2.92. The number of carboxylic acids is 1. The van der Waals surface area contributed by atoms with Crippen molar-refractivity contribution in [1.29, 1.82) is 0 Å². The highest BCUT2D eigenvalue weighted by Gasteiger charge is 2.18. The first-order valence-corrected chi connectivity index (χ1v) is 6.86. The lowest BCUT2D eigenvalue weighted by Crippen LogP contribution is -2.23. The van der Waals surface area contributed by atoms with Crippen LogP contribution in [0.25, 0.3) is 16.6 Å². The molecular weight excluding hydrogens is 282 g/mol. The second-order valence-electron chi connectivity index (χ2n) is 5.31. The summed E-state index contributed by atoms with van der Waals surface area (Å²) in [6.07, 6.45) is 3.16. The van der Waals surface area contributed by atoms with Crippen LogP contribution in [0, 0.1) is 0 Å². The minimum atomic E-state index is -1.10. The number of rotatable bonds is 3. The van der Waals surface area contributed by atoms with Crippen LogP contribution in [0.2, 0.25) is 0 Å². The van der Waals surface area contributed by atoms with Crippen LogP contribution < -0.4 is 5.56 Å². The zero-order valence-corrected chi connectivity index (χ0v) is 12.3. The first-order chi connectivity index (χ1) is 10.5. The summed E-state index contributed by atoms with van der Waals surface area (Å²) in [5.41, 5.74) is 1.75. The summed E-state index contributed by atoms with van der Waals surface area (Å²) in [6.45, 7) is 4.16. The standard InChI is InChI=1S/C16H15N3O3/c1-10(2)7-8-18-14-12(16(21)22)9-17-19(14)13-6-4-3-5-11(13)15(18)20/h3-7,9H,8H2,1-2H3,(H,21,22). The van der Waals surface area contributed by atoms with Crippen LogP contribution in [0.1, 0.15) is 24.2 Å². The number of allylic oxidation sites excluding steroid dienone is 2. The molecule has 2 heterocycles. The largest absolute Gasteiger partial charge is 0.477 e. The quantitative estimate of drug-likeness (QED) is 0.753. The summed E-state index contributed by atoms with van der Waals surface area (Å²) in [6, 6.07) is 7.05. The summed E-state index contributed by atoms with van der Waals surface area (Å²) >= 11 is 0. The molecule has 6 heteroatoms. The van der Waals surface area contributed by atoms with Gasteiger partial charge in [0.15, 0.2) is 5.65 Å². The minimum absolute atomic E-state index is 0.0185. The number of aromatic carboxylic acids is 1. The molecule has 22 heavy (non-hydrogen) atoms. The van der Waals surface area contributed by atoms with Gasteiger partial charge in [-0.05, 0) is 26.0 Å². The Kier molecular flexibility index (Phi) is 3.29. The fourth-order valence-electron chi connectivity index (χ4n) is 2.45. The van der Waals surface area contributed by atoms with Gasteiger partial charge in [-0.3, -0.25) is 9.36 Å². The van der Waals surface area contributed by atoms with Crippen LogP contribution in [0.3, 0.4) is 0 Å². The number of hydrogen-bond donors (Lipinski definition) is 1. The number of carbonyl (C=O) groups is 1. The van der Waals surface area contributed by atoms with Gasteiger partial charge in [0.05, 0.1) is 17.1 Å². The first kappa shape index (κ1) is 14.1. The van der Waals surface area contributed by atoms with Gasteiger partial charge in [-0.15, -0.1) is 0 Å². The third-order valence-electron chi connectivity index (χ3n) is 3.52. The van der Waals surface area contributed by atoms with Crippen LogP contribution >= 0.6 is 0 Å². The fourth-order valence-corrected chi connectivity index (χ4v) is 2.45. The molecule has 0 aliphatic heterocycles. The first-order valence-electron chi connectivity index (χ1n) is 6.86. The van der Waals surface area contributed by atoms with E-state index in [2.05, 4.69) is 5.10 Å². The highest BCUT2D eigenvalue weighted by atomic mass is 16.4. The van der Waals surface area contributed by atoms with E-state index in [0.717, 1.165) is 5.57 Å². The van der Waals surface area contributed by atoms with E-state index in [9.17, 15) is 14.7 Å². The molecule has 0 fully saturated rings. The molecule has 0 saturated heterocycles. The number of fused-ring (bicyclic) bond motifs is 3. The van der Waals surface area contributed by atoms with Crippen molar-refractivity contribution in [3.05, 3.63) is 58.0 Å². The van der Waals surface area contributed by atoms with E-state index in [0.29, 0.717) is 23.1 Å². The lowest BCUT2D eigenvalue weighted by molar-refractivity contribution is 0.0698. The van der Waals surface area contributed by atoms with Gasteiger partial charge in [0, 0.05) is 6.54 Å². The van der Waals surface area contributed by atoms with Crippen molar-refractivity contribution in [1.82, 2.24) is 14.2 Å². The summed E-state index contributed by atoms with van der Waals surface area (Å²) in [7, 11) is 0. The Morgan fingerprint density at radius 2 is 2.05 bits per heavy atom. The van der Waals surface area contributed by atoms with Crippen LogP contribution in [-0.4, -0.2) is 25.3 Å². The van der Waals surface area contributed by atoms with E-state index in [-0.39, 0.29) is 11.1 Å². The molecule has 0 bridgehead atoms. The Hall–Kier alpha value is -2.89. The van der Waals surface area contributed by atoms with E-state index in [4.69, 9.17) is 0 Å². The van der Waals surface area contributed by atoms with Gasteiger partial charge < -0.3 is 5.11 Å². The van der Waals surface area contributed by atoms with E-state index in [1.54, 1.807) is 24.3 Å². The number of hydrogen-bond acceptors (Lipinski definition) is 3. The number of para-hydroxylation sites is 1. The molecule has 0 saturated carbocycles. The molecule has 6 nitrogen and oxygen atoms in total. The van der Waals surface area contributed by atoms with E-state index in [1.807, 2.05) is 19.9 Å². The van der Waals surface area contributed by atoms with Crippen molar-refractivity contribution < 1.29 is 9.90 Å². The molecular formula is C16H15N3O3. The van der Waals surface area contributed by atoms with Crippen molar-refractivity contribution in [2.24, 2.45) is 0 Å². The SMILES string of the molecule is CC(C)=CCn1c(=O)c2ccccc2n2ncc(C(=O)O)c12. The molecule has 0 aliphatic rings.